The predicted molar refractivity (Wildman–Crippen MR) is 265 cm³/mol. The first-order valence-corrected chi connectivity index (χ1v) is 21.2. The molecule has 0 saturated heterocycles. The molecule has 0 spiro atoms. The fraction of sp³-hybridized carbons (Fsp3) is 0.0909. The van der Waals surface area contributed by atoms with Crippen LogP contribution in [0, 0.1) is 19.3 Å². The van der Waals surface area contributed by atoms with Crippen LogP contribution in [0.1, 0.15) is 30.5 Å². The number of aliphatic imine (C=N–C) groups is 2. The fourth-order valence-corrected chi connectivity index (χ4v) is 8.41. The van der Waals surface area contributed by atoms with Crippen molar-refractivity contribution < 1.29 is 40.9 Å². The average Bonchev–Trinajstić information content (AvgIpc) is 3.68. The first-order valence-electron chi connectivity index (χ1n) is 21.2. The van der Waals surface area contributed by atoms with Gasteiger partial charge in [0.1, 0.15) is 0 Å². The molecule has 0 aliphatic heterocycles. The second kappa shape index (κ2) is 18.2. The number of aromatic nitrogens is 1. The van der Waals surface area contributed by atoms with Crippen LogP contribution in [-0.2, 0) is 0 Å². The highest BCUT2D eigenvalue weighted by Gasteiger charge is 2.24. The molecule has 0 radical (unpaired) electrons. The molecule has 0 amide bonds. The molecule has 8 aromatic carbocycles. The Balaban J connectivity index is 0.00000292. The zero-order valence-corrected chi connectivity index (χ0v) is 36.2. The maximum Gasteiger partial charge on any atom is 0.208 e. The SMILES string of the molecule is C#C/C(CN=C(N=Cc1c(O)c(O)c(O)c(O)c1O)c1cc2c3ccccc3c3ccccc3c2cc1-c1ccc2c3ccccc3n(-c3ccccc3C)c2c1)=C(O)\C(O)=C/CO.CC. The van der Waals surface area contributed by atoms with Gasteiger partial charge in [-0.05, 0) is 92.3 Å². The summed E-state index contributed by atoms with van der Waals surface area (Å²) >= 11 is 0. The molecule has 11 nitrogen and oxygen atoms in total. The highest BCUT2D eigenvalue weighted by molar-refractivity contribution is 6.27. The van der Waals surface area contributed by atoms with Crippen LogP contribution in [0.4, 0.5) is 0 Å². The second-order valence-electron chi connectivity index (χ2n) is 15.2. The maximum atomic E-state index is 10.9. The van der Waals surface area contributed by atoms with Crippen molar-refractivity contribution in [1.82, 2.24) is 4.57 Å². The van der Waals surface area contributed by atoms with E-state index < -0.39 is 59.0 Å². The molecule has 0 atom stereocenters. The summed E-state index contributed by atoms with van der Waals surface area (Å²) in [6.07, 6.45) is 7.76. The van der Waals surface area contributed by atoms with Crippen LogP contribution >= 0.6 is 0 Å². The number of phenolic OH excluding ortho intramolecular Hbond substituents is 5. The zero-order valence-electron chi connectivity index (χ0n) is 36.2. The number of hydrogen-bond acceptors (Lipinski definition) is 9. The van der Waals surface area contributed by atoms with E-state index in [1.807, 2.05) is 86.6 Å². The molecule has 9 aromatic rings. The number of aromatic hydroxyl groups is 5. The number of fused-ring (bicyclic) bond motifs is 9. The summed E-state index contributed by atoms with van der Waals surface area (Å²) in [5.41, 5.74) is 5.14. The van der Waals surface area contributed by atoms with Crippen molar-refractivity contribution in [2.45, 2.75) is 20.8 Å². The van der Waals surface area contributed by atoms with Gasteiger partial charge in [-0.2, -0.15) is 0 Å². The van der Waals surface area contributed by atoms with Crippen LogP contribution in [0.5, 0.6) is 28.7 Å². The summed E-state index contributed by atoms with van der Waals surface area (Å²) < 4.78 is 2.23. The third-order valence-electron chi connectivity index (χ3n) is 11.6. The number of phenols is 5. The standard InChI is InChI=1S/C53H39N3O8.C2H6/c1-3-30(47(59)46(58)22-23-57)27-54-53(55-28-42-48(60)50(62)52(64)51(63)49(42)61)41-26-40-35-16-8-6-14-33(35)32-13-5-7-15-34(32)39(40)25-38(41)31-20-21-37-36-17-9-11-19-44(36)56(45(37)24-31)43-18-10-4-12-29(43)2;1-2/h1,4-22,24-26,28,57-64H,23,27H2,2H3;1-2H3/b46-22+,47-30-,54-53?,55-28?;. The van der Waals surface area contributed by atoms with Crippen molar-refractivity contribution in [2.24, 2.45) is 9.98 Å². The van der Waals surface area contributed by atoms with Gasteiger partial charge in [-0.25, -0.2) is 4.99 Å². The smallest absolute Gasteiger partial charge is 0.208 e. The van der Waals surface area contributed by atoms with E-state index in [4.69, 9.17) is 11.4 Å². The van der Waals surface area contributed by atoms with Crippen LogP contribution in [0.15, 0.2) is 161 Å². The first kappa shape index (κ1) is 43.9. The molecular formula is C55H45N3O8. The van der Waals surface area contributed by atoms with Gasteiger partial charge in [-0.15, -0.1) is 6.42 Å². The van der Waals surface area contributed by atoms with E-state index in [2.05, 4.69) is 77.0 Å². The van der Waals surface area contributed by atoms with Gasteiger partial charge in [-0.1, -0.05) is 117 Å². The first-order chi connectivity index (χ1) is 32.0. The summed E-state index contributed by atoms with van der Waals surface area (Å²) in [5, 5.41) is 91.2. The van der Waals surface area contributed by atoms with Crippen molar-refractivity contribution in [2.75, 3.05) is 13.2 Å². The highest BCUT2D eigenvalue weighted by Crippen LogP contribution is 2.50. The number of amidine groups is 1. The lowest BCUT2D eigenvalue weighted by Crippen LogP contribution is -2.06. The molecule has 0 saturated carbocycles. The molecule has 0 aliphatic rings. The minimum absolute atomic E-state index is 0.0503. The fourth-order valence-electron chi connectivity index (χ4n) is 8.41. The number of terminal acetylenes is 1. The van der Waals surface area contributed by atoms with E-state index >= 15 is 0 Å². The normalized spacial score (nSPS) is 12.5. The molecule has 66 heavy (non-hydrogen) atoms. The summed E-state index contributed by atoms with van der Waals surface area (Å²) in [6, 6.07) is 42.6. The lowest BCUT2D eigenvalue weighted by Gasteiger charge is -2.17. The van der Waals surface area contributed by atoms with Gasteiger partial charge in [0.2, 0.25) is 17.2 Å². The number of aliphatic hydroxyl groups is 3. The number of benzene rings is 8. The zero-order chi connectivity index (χ0) is 46.8. The molecule has 0 fully saturated rings. The monoisotopic (exact) mass is 875 g/mol. The van der Waals surface area contributed by atoms with Crippen LogP contribution in [0.3, 0.4) is 0 Å². The third-order valence-corrected chi connectivity index (χ3v) is 11.6. The number of aliphatic hydroxyl groups excluding tert-OH is 3. The predicted octanol–water partition coefficient (Wildman–Crippen LogP) is 11.5. The molecule has 9 rings (SSSR count). The van der Waals surface area contributed by atoms with E-state index in [-0.39, 0.29) is 11.4 Å². The molecule has 1 heterocycles. The summed E-state index contributed by atoms with van der Waals surface area (Å²) in [4.78, 5) is 9.45. The molecule has 1 aromatic heterocycles. The highest BCUT2D eigenvalue weighted by atomic mass is 16.4. The molecule has 8 N–H and O–H groups in total. The summed E-state index contributed by atoms with van der Waals surface area (Å²) in [5.74, 6) is -4.32. The number of aryl methyl sites for hydroxylation is 1. The van der Waals surface area contributed by atoms with E-state index in [0.717, 1.165) is 83.2 Å². The third kappa shape index (κ3) is 7.51. The van der Waals surface area contributed by atoms with Gasteiger partial charge in [0.25, 0.3) is 0 Å². The van der Waals surface area contributed by atoms with Crippen LogP contribution in [0.25, 0.3) is 70.9 Å². The Bertz CT molecular complexity index is 3540. The van der Waals surface area contributed by atoms with Crippen molar-refractivity contribution in [3.63, 3.8) is 0 Å². The molecule has 0 bridgehead atoms. The molecular weight excluding hydrogens is 831 g/mol. The Morgan fingerprint density at radius 3 is 1.76 bits per heavy atom. The number of nitrogens with zero attached hydrogens (tertiary/aromatic N) is 3. The molecule has 0 aliphatic carbocycles. The number of hydrogen-bond donors (Lipinski definition) is 8. The Kier molecular flexibility index (Phi) is 12.1. The Labute approximate surface area is 379 Å². The van der Waals surface area contributed by atoms with E-state index in [1.54, 1.807) is 0 Å². The average molecular weight is 876 g/mol. The Hall–Kier alpha value is -8.72. The van der Waals surface area contributed by atoms with Crippen LogP contribution in [-0.4, -0.2) is 70.6 Å². The van der Waals surface area contributed by atoms with E-state index in [9.17, 15) is 40.9 Å². The summed E-state index contributed by atoms with van der Waals surface area (Å²) in [7, 11) is 0. The second-order valence-corrected chi connectivity index (χ2v) is 15.2. The van der Waals surface area contributed by atoms with Crippen molar-refractivity contribution >= 4 is 66.2 Å². The van der Waals surface area contributed by atoms with Crippen molar-refractivity contribution in [3.8, 4) is 57.9 Å². The maximum absolute atomic E-state index is 10.9. The van der Waals surface area contributed by atoms with Crippen molar-refractivity contribution in [1.29, 1.82) is 0 Å². The van der Waals surface area contributed by atoms with Gasteiger partial charge in [0.05, 0.1) is 35.3 Å². The van der Waals surface area contributed by atoms with Gasteiger partial charge in [0.15, 0.2) is 28.9 Å². The largest absolute Gasteiger partial charge is 0.504 e. The Morgan fingerprint density at radius 2 is 1.15 bits per heavy atom. The molecule has 11 heteroatoms. The van der Waals surface area contributed by atoms with Gasteiger partial charge in [0, 0.05) is 28.2 Å². The minimum Gasteiger partial charge on any atom is -0.504 e. The quantitative estimate of drug-likeness (QED) is 0.0108. The van der Waals surface area contributed by atoms with Crippen LogP contribution < -0.4 is 0 Å². The van der Waals surface area contributed by atoms with Gasteiger partial charge < -0.3 is 45.4 Å². The molecule has 0 unspecified atom stereocenters. The minimum atomic E-state index is -1.13. The molecule has 328 valence electrons. The van der Waals surface area contributed by atoms with Crippen LogP contribution in [0.2, 0.25) is 0 Å². The topological polar surface area (TPSA) is 191 Å². The van der Waals surface area contributed by atoms with Gasteiger partial charge >= 0.3 is 0 Å². The number of para-hydroxylation sites is 2. The van der Waals surface area contributed by atoms with Gasteiger partial charge in [-0.3, -0.25) is 4.99 Å². The number of rotatable bonds is 8. The van der Waals surface area contributed by atoms with Crippen molar-refractivity contribution in [3.05, 3.63) is 167 Å². The Morgan fingerprint density at radius 1 is 0.621 bits per heavy atom. The van der Waals surface area contributed by atoms with E-state index in [0.29, 0.717) is 11.1 Å². The lowest BCUT2D eigenvalue weighted by molar-refractivity contribution is 0.302. The summed E-state index contributed by atoms with van der Waals surface area (Å²) in [6.45, 7) is 5.05. The van der Waals surface area contributed by atoms with E-state index in [1.165, 1.54) is 0 Å². The lowest BCUT2D eigenvalue weighted by atomic mass is 9.89.